The minimum absolute atomic E-state index is 0.232. The van der Waals surface area contributed by atoms with Crippen LogP contribution in [-0.4, -0.2) is 32.1 Å². The monoisotopic (exact) mass is 468 g/mol. The lowest BCUT2D eigenvalue weighted by molar-refractivity contribution is 0.0519. The first-order valence-corrected chi connectivity index (χ1v) is 11.3. The van der Waals surface area contributed by atoms with Crippen molar-refractivity contribution in [1.29, 1.82) is 0 Å². The van der Waals surface area contributed by atoms with Crippen LogP contribution >= 0.6 is 11.6 Å². The van der Waals surface area contributed by atoms with Gasteiger partial charge in [0.1, 0.15) is 5.69 Å². The fourth-order valence-corrected chi connectivity index (χ4v) is 3.87. The van der Waals surface area contributed by atoms with Gasteiger partial charge < -0.3 is 4.74 Å². The van der Waals surface area contributed by atoms with Crippen LogP contribution in [-0.2, 0) is 4.74 Å². The predicted octanol–water partition coefficient (Wildman–Crippen LogP) is 6.22. The van der Waals surface area contributed by atoms with Crippen molar-refractivity contribution in [3.05, 3.63) is 108 Å². The minimum Gasteiger partial charge on any atom is -0.461 e. The van der Waals surface area contributed by atoms with Gasteiger partial charge in [0.15, 0.2) is 5.69 Å². The van der Waals surface area contributed by atoms with Gasteiger partial charge in [-0.15, -0.1) is 0 Å². The number of hydrogen-bond donors (Lipinski definition) is 0. The van der Waals surface area contributed by atoms with Gasteiger partial charge in [0.25, 0.3) is 0 Å². The highest BCUT2D eigenvalue weighted by molar-refractivity contribution is 6.30. The number of carbonyl (C=O) groups excluding carboxylic acids is 1. The van der Waals surface area contributed by atoms with E-state index in [1.807, 2.05) is 95.8 Å². The Morgan fingerprint density at radius 2 is 1.53 bits per heavy atom. The number of benzene rings is 3. The minimum atomic E-state index is -0.470. The molecule has 0 N–H and O–H groups in total. The average molecular weight is 469 g/mol. The Bertz CT molecular complexity index is 1430. The first-order chi connectivity index (χ1) is 16.6. The van der Waals surface area contributed by atoms with E-state index < -0.39 is 5.97 Å². The Morgan fingerprint density at radius 1 is 0.882 bits per heavy atom. The van der Waals surface area contributed by atoms with E-state index in [2.05, 4.69) is 5.10 Å². The third kappa shape index (κ3) is 4.23. The zero-order valence-electron chi connectivity index (χ0n) is 18.4. The summed E-state index contributed by atoms with van der Waals surface area (Å²) in [6, 6.07) is 28.8. The molecule has 0 radical (unpaired) electrons. The highest BCUT2D eigenvalue weighted by atomic mass is 35.5. The molecule has 0 aliphatic carbocycles. The van der Waals surface area contributed by atoms with Crippen molar-refractivity contribution in [3.63, 3.8) is 0 Å². The van der Waals surface area contributed by atoms with Gasteiger partial charge in [0.05, 0.1) is 23.7 Å². The number of para-hydroxylation sites is 2. The molecule has 0 unspecified atom stereocenters. The molecule has 5 aromatic rings. The molecule has 168 valence electrons. The van der Waals surface area contributed by atoms with Crippen LogP contribution in [0.1, 0.15) is 17.4 Å². The fraction of sp³-hybridized carbons (Fsp3) is 0.0741. The second-order valence-electron chi connectivity index (χ2n) is 7.56. The highest BCUT2D eigenvalue weighted by Crippen LogP contribution is 2.34. The Balaban J connectivity index is 1.74. The third-order valence-corrected chi connectivity index (χ3v) is 5.58. The largest absolute Gasteiger partial charge is 0.461 e. The van der Waals surface area contributed by atoms with Crippen LogP contribution < -0.4 is 0 Å². The number of rotatable bonds is 6. The van der Waals surface area contributed by atoms with Crippen molar-refractivity contribution < 1.29 is 9.53 Å². The van der Waals surface area contributed by atoms with Crippen molar-refractivity contribution in [2.24, 2.45) is 0 Å². The summed E-state index contributed by atoms with van der Waals surface area (Å²) in [5.41, 5.74) is 5.15. The second-order valence-corrected chi connectivity index (χ2v) is 8.00. The first kappa shape index (κ1) is 21.7. The van der Waals surface area contributed by atoms with E-state index in [4.69, 9.17) is 21.4 Å². The number of esters is 1. The lowest BCUT2D eigenvalue weighted by atomic mass is 10.1. The van der Waals surface area contributed by atoms with E-state index in [0.717, 1.165) is 33.9 Å². The summed E-state index contributed by atoms with van der Waals surface area (Å²) in [4.78, 5) is 12.6. The van der Waals surface area contributed by atoms with Crippen LogP contribution in [0.4, 0.5) is 0 Å². The molecule has 7 heteroatoms. The van der Waals surface area contributed by atoms with Crippen LogP contribution in [0.15, 0.2) is 97.2 Å². The van der Waals surface area contributed by atoms with Crippen molar-refractivity contribution >= 4 is 17.6 Å². The zero-order chi connectivity index (χ0) is 23.5. The number of nitrogens with zero attached hydrogens (tertiary/aromatic N) is 4. The lowest BCUT2D eigenvalue weighted by Gasteiger charge is -2.07. The maximum absolute atomic E-state index is 12.6. The molecule has 0 fully saturated rings. The number of carbonyl (C=O) groups is 1. The topological polar surface area (TPSA) is 61.9 Å². The van der Waals surface area contributed by atoms with E-state index in [-0.39, 0.29) is 12.3 Å². The van der Waals surface area contributed by atoms with Crippen LogP contribution in [0.25, 0.3) is 33.9 Å². The normalized spacial score (nSPS) is 10.9. The Kier molecular flexibility index (Phi) is 5.97. The summed E-state index contributed by atoms with van der Waals surface area (Å²) >= 11 is 6.14. The summed E-state index contributed by atoms with van der Waals surface area (Å²) in [6.45, 7) is 2.05. The fourth-order valence-electron chi connectivity index (χ4n) is 3.74. The Hall–Kier alpha value is -4.16. The van der Waals surface area contributed by atoms with E-state index >= 15 is 0 Å². The molecule has 6 nitrogen and oxygen atoms in total. The molecule has 0 atom stereocenters. The standard InChI is InChI=1S/C27H21ClN4O2/c1-2-34-27(33)24-17-25(32(29-24)22-11-7-4-8-12-22)23-18-31(21-9-5-3-6-10-21)30-26(23)19-13-15-20(28)16-14-19/h3-18H,2H2,1H3. The third-order valence-electron chi connectivity index (χ3n) is 5.32. The molecule has 0 amide bonds. The van der Waals surface area contributed by atoms with Gasteiger partial charge in [0, 0.05) is 22.3 Å². The lowest BCUT2D eigenvalue weighted by Crippen LogP contribution is -2.06. The van der Waals surface area contributed by atoms with Gasteiger partial charge in [-0.3, -0.25) is 0 Å². The highest BCUT2D eigenvalue weighted by Gasteiger charge is 2.22. The number of ether oxygens (including phenoxy) is 1. The molecule has 3 aromatic carbocycles. The smallest absolute Gasteiger partial charge is 0.358 e. The molecule has 2 heterocycles. The Labute approximate surface area is 202 Å². The van der Waals surface area contributed by atoms with E-state index in [1.54, 1.807) is 17.7 Å². The molecule has 0 spiro atoms. The summed E-state index contributed by atoms with van der Waals surface area (Å²) in [7, 11) is 0. The van der Waals surface area contributed by atoms with E-state index in [9.17, 15) is 4.79 Å². The zero-order valence-corrected chi connectivity index (χ0v) is 19.2. The van der Waals surface area contributed by atoms with Crippen LogP contribution in [0.5, 0.6) is 0 Å². The second kappa shape index (κ2) is 9.37. The van der Waals surface area contributed by atoms with Gasteiger partial charge in [-0.05, 0) is 49.4 Å². The molecule has 34 heavy (non-hydrogen) atoms. The molecule has 0 bridgehead atoms. The molecular weight excluding hydrogens is 448 g/mol. The van der Waals surface area contributed by atoms with E-state index in [1.165, 1.54) is 0 Å². The van der Waals surface area contributed by atoms with Gasteiger partial charge in [-0.25, -0.2) is 14.2 Å². The quantitative estimate of drug-likeness (QED) is 0.277. The summed E-state index contributed by atoms with van der Waals surface area (Å²) in [6.07, 6.45) is 1.95. The van der Waals surface area contributed by atoms with Crippen LogP contribution in [0.3, 0.4) is 0 Å². The summed E-state index contributed by atoms with van der Waals surface area (Å²) < 4.78 is 8.79. The van der Waals surface area contributed by atoms with Crippen molar-refractivity contribution in [3.8, 4) is 33.9 Å². The van der Waals surface area contributed by atoms with Crippen molar-refractivity contribution in [2.75, 3.05) is 6.61 Å². The Morgan fingerprint density at radius 3 is 2.18 bits per heavy atom. The van der Waals surface area contributed by atoms with E-state index in [0.29, 0.717) is 5.02 Å². The molecule has 0 aliphatic heterocycles. The number of hydrogen-bond acceptors (Lipinski definition) is 4. The maximum Gasteiger partial charge on any atom is 0.358 e. The first-order valence-electron chi connectivity index (χ1n) is 10.9. The van der Waals surface area contributed by atoms with Gasteiger partial charge >= 0.3 is 5.97 Å². The molecule has 5 rings (SSSR count). The van der Waals surface area contributed by atoms with Gasteiger partial charge in [0.2, 0.25) is 0 Å². The van der Waals surface area contributed by atoms with Crippen molar-refractivity contribution in [1.82, 2.24) is 19.6 Å². The van der Waals surface area contributed by atoms with Crippen LogP contribution in [0, 0.1) is 0 Å². The van der Waals surface area contributed by atoms with Crippen molar-refractivity contribution in [2.45, 2.75) is 6.92 Å². The average Bonchev–Trinajstić information content (AvgIpc) is 3.51. The number of aromatic nitrogens is 4. The summed E-state index contributed by atoms with van der Waals surface area (Å²) in [5.74, 6) is -0.470. The molecule has 2 aromatic heterocycles. The summed E-state index contributed by atoms with van der Waals surface area (Å²) in [5, 5.41) is 10.1. The SMILES string of the molecule is CCOC(=O)c1cc(-c2cn(-c3ccccc3)nc2-c2ccc(Cl)cc2)n(-c2ccccc2)n1. The maximum atomic E-state index is 12.6. The number of halogens is 1. The molecule has 0 saturated heterocycles. The molecule has 0 saturated carbocycles. The molecular formula is C27H21ClN4O2. The van der Waals surface area contributed by atoms with Gasteiger partial charge in [-0.2, -0.15) is 10.2 Å². The van der Waals surface area contributed by atoms with Gasteiger partial charge in [-0.1, -0.05) is 60.1 Å². The molecule has 0 aliphatic rings. The van der Waals surface area contributed by atoms with Crippen LogP contribution in [0.2, 0.25) is 5.02 Å². The predicted molar refractivity (Wildman–Crippen MR) is 133 cm³/mol.